The van der Waals surface area contributed by atoms with Crippen molar-refractivity contribution in [1.29, 1.82) is 0 Å². The Balaban J connectivity index is 0.000000242. The fourth-order valence-corrected chi connectivity index (χ4v) is 6.27. The summed E-state index contributed by atoms with van der Waals surface area (Å²) in [6.45, 7) is 12.7. The van der Waals surface area contributed by atoms with Gasteiger partial charge in [0.25, 0.3) is 0 Å². The number of benzene rings is 6. The molecule has 0 unspecified atom stereocenters. The predicted octanol–water partition coefficient (Wildman–Crippen LogP) is 12.7. The van der Waals surface area contributed by atoms with Crippen LogP contribution >= 0.6 is 11.6 Å². The van der Waals surface area contributed by atoms with Crippen molar-refractivity contribution in [2.45, 2.75) is 79.4 Å². The van der Waals surface area contributed by atoms with E-state index in [1.807, 2.05) is 79.7 Å². The summed E-state index contributed by atoms with van der Waals surface area (Å²) in [5.74, 6) is 2.37. The van der Waals surface area contributed by atoms with E-state index in [2.05, 4.69) is 27.7 Å². The van der Waals surface area contributed by atoms with E-state index in [0.29, 0.717) is 36.5 Å². The standard InChI is InChI=1S/C27H30O6.C14H13ClO2.C13H18O4/c1-18(2)13-14-31-27(29)33-24-10-5-20(6-11-24)17-32-26(28)19(3)21-7-8-23-16-25(30-4)12-9-22(23)15-21;1-9(14(15)16)10-3-4-12-8-13(17-2)6-5-11(12)7-10;1-10(2)7-8-16-13(15)17-12-5-3-11(9-14)4-6-12/h5-12,15-16,18-19H,13-14,17H2,1-4H3;3-9H,1-2H3;3-6,10,14H,7-9H2,1-2H3/t19-;9-;/m00./s1. The van der Waals surface area contributed by atoms with Gasteiger partial charge in [-0.3, -0.25) is 9.59 Å². The molecule has 6 aromatic carbocycles. The van der Waals surface area contributed by atoms with E-state index in [9.17, 15) is 19.2 Å². The summed E-state index contributed by atoms with van der Waals surface area (Å²) in [6, 6.07) is 36.9. The second-order valence-electron chi connectivity index (χ2n) is 16.5. The van der Waals surface area contributed by atoms with E-state index in [0.717, 1.165) is 68.1 Å². The second kappa shape index (κ2) is 27.1. The van der Waals surface area contributed by atoms with Crippen molar-refractivity contribution in [3.63, 3.8) is 0 Å². The number of aliphatic hydroxyl groups is 1. The highest BCUT2D eigenvalue weighted by Crippen LogP contribution is 2.28. The normalized spacial score (nSPS) is 11.6. The van der Waals surface area contributed by atoms with Crippen LogP contribution in [0.4, 0.5) is 9.59 Å². The highest BCUT2D eigenvalue weighted by Gasteiger charge is 2.18. The summed E-state index contributed by atoms with van der Waals surface area (Å²) < 4.78 is 36.0. The largest absolute Gasteiger partial charge is 0.513 e. The molecule has 1 N–H and O–H groups in total. The summed E-state index contributed by atoms with van der Waals surface area (Å²) in [7, 11) is 3.28. The zero-order valence-electron chi connectivity index (χ0n) is 39.4. The van der Waals surface area contributed by atoms with Gasteiger partial charge in [-0.15, -0.1) is 0 Å². The second-order valence-corrected chi connectivity index (χ2v) is 16.9. The molecule has 0 aliphatic heterocycles. The van der Waals surface area contributed by atoms with E-state index >= 15 is 0 Å². The number of rotatable bonds is 17. The summed E-state index contributed by atoms with van der Waals surface area (Å²) in [6.07, 6.45) is 0.185. The molecule has 13 heteroatoms. The highest BCUT2D eigenvalue weighted by atomic mass is 35.5. The molecule has 6 aromatic rings. The maximum atomic E-state index is 12.6. The third kappa shape index (κ3) is 17.9. The van der Waals surface area contributed by atoms with Crippen molar-refractivity contribution in [2.24, 2.45) is 11.8 Å². The van der Waals surface area contributed by atoms with Crippen LogP contribution in [0.3, 0.4) is 0 Å². The van der Waals surface area contributed by atoms with Crippen LogP contribution < -0.4 is 18.9 Å². The molecule has 0 saturated heterocycles. The number of carbonyl (C=O) groups is 4. The van der Waals surface area contributed by atoms with Gasteiger partial charge in [0.15, 0.2) is 0 Å². The molecule has 2 atom stereocenters. The molecule has 0 heterocycles. The quantitative estimate of drug-likeness (QED) is 0.0401. The number of hydrogen-bond donors (Lipinski definition) is 1. The number of methoxy groups -OCH3 is 2. The van der Waals surface area contributed by atoms with Gasteiger partial charge in [-0.1, -0.05) is 107 Å². The Hall–Kier alpha value is -6.63. The van der Waals surface area contributed by atoms with Crippen LogP contribution in [0.1, 0.15) is 88.5 Å². The first kappa shape index (κ1) is 53.0. The Kier molecular flexibility index (Phi) is 21.4. The minimum absolute atomic E-state index is 0.0287. The Labute approximate surface area is 398 Å². The van der Waals surface area contributed by atoms with Gasteiger partial charge in [0.05, 0.1) is 45.9 Å². The molecule has 0 aliphatic carbocycles. The van der Waals surface area contributed by atoms with Crippen molar-refractivity contribution >= 4 is 56.7 Å². The molecule has 0 aromatic heterocycles. The van der Waals surface area contributed by atoms with E-state index in [1.165, 1.54) is 0 Å². The molecule has 67 heavy (non-hydrogen) atoms. The van der Waals surface area contributed by atoms with Crippen LogP contribution in [0.15, 0.2) is 121 Å². The van der Waals surface area contributed by atoms with Crippen LogP contribution in [-0.2, 0) is 37.0 Å². The van der Waals surface area contributed by atoms with E-state index < -0.39 is 18.2 Å². The first-order chi connectivity index (χ1) is 32.1. The van der Waals surface area contributed by atoms with Crippen LogP contribution in [-0.4, -0.2) is 56.1 Å². The molecule has 0 spiro atoms. The number of halogens is 1. The molecule has 0 radical (unpaired) electrons. The number of aliphatic hydroxyl groups excluding tert-OH is 1. The smallest absolute Gasteiger partial charge is 0.497 e. The molecular weight excluding hydrogens is 876 g/mol. The summed E-state index contributed by atoms with van der Waals surface area (Å²) in [4.78, 5) is 46.7. The molecule has 356 valence electrons. The van der Waals surface area contributed by atoms with Crippen molar-refractivity contribution in [2.75, 3.05) is 27.4 Å². The fourth-order valence-electron chi connectivity index (χ4n) is 6.15. The maximum absolute atomic E-state index is 12.6. The van der Waals surface area contributed by atoms with Crippen molar-refractivity contribution in [1.82, 2.24) is 0 Å². The molecular formula is C54H61ClO12. The van der Waals surface area contributed by atoms with Crippen LogP contribution in [0.2, 0.25) is 0 Å². The topological polar surface area (TPSA) is 153 Å². The van der Waals surface area contributed by atoms with E-state index in [-0.39, 0.29) is 30.3 Å². The average Bonchev–Trinajstić information content (AvgIpc) is 3.32. The van der Waals surface area contributed by atoms with Crippen LogP contribution in [0.5, 0.6) is 23.0 Å². The van der Waals surface area contributed by atoms with E-state index in [4.69, 9.17) is 49.9 Å². The molecule has 0 aliphatic rings. The maximum Gasteiger partial charge on any atom is 0.513 e. The number of fused-ring (bicyclic) bond motifs is 2. The van der Waals surface area contributed by atoms with Gasteiger partial charge < -0.3 is 38.3 Å². The Morgan fingerprint density at radius 1 is 0.493 bits per heavy atom. The Bertz CT molecular complexity index is 2520. The molecule has 6 rings (SSSR count). The lowest BCUT2D eigenvalue weighted by Crippen LogP contribution is -2.13. The third-order valence-corrected chi connectivity index (χ3v) is 10.8. The average molecular weight is 938 g/mol. The predicted molar refractivity (Wildman–Crippen MR) is 260 cm³/mol. The van der Waals surface area contributed by atoms with Crippen LogP contribution in [0, 0.1) is 11.8 Å². The number of carbonyl (C=O) groups excluding carboxylic acids is 4. The zero-order chi connectivity index (χ0) is 48.9. The van der Waals surface area contributed by atoms with Crippen molar-refractivity contribution in [3.05, 3.63) is 144 Å². The lowest BCUT2D eigenvalue weighted by molar-refractivity contribution is -0.146. The van der Waals surface area contributed by atoms with Gasteiger partial charge in [0.1, 0.15) is 29.6 Å². The Morgan fingerprint density at radius 3 is 1.28 bits per heavy atom. The molecule has 0 saturated carbocycles. The van der Waals surface area contributed by atoms with Crippen LogP contribution in [0.25, 0.3) is 21.5 Å². The molecule has 12 nitrogen and oxygen atoms in total. The lowest BCUT2D eigenvalue weighted by atomic mass is 9.98. The first-order valence-corrected chi connectivity index (χ1v) is 22.5. The SMILES string of the molecule is CC(C)CCOC(=O)Oc1ccc(CO)cc1.COc1ccc2cc([C@H](C)C(=O)Cl)ccc2c1.COc1ccc2cc([C@H](C)C(=O)OCc3ccc(OC(=O)OCCC(C)C)cc3)ccc2c1. The van der Waals surface area contributed by atoms with Gasteiger partial charge in [-0.05, 0) is 136 Å². The van der Waals surface area contributed by atoms with Gasteiger partial charge in [-0.25, -0.2) is 9.59 Å². The minimum Gasteiger partial charge on any atom is -0.497 e. The summed E-state index contributed by atoms with van der Waals surface area (Å²) in [5, 5.41) is 12.8. The molecule has 0 amide bonds. The monoisotopic (exact) mass is 936 g/mol. The van der Waals surface area contributed by atoms with Crippen molar-refractivity contribution < 1.29 is 57.4 Å². The number of hydrogen-bond acceptors (Lipinski definition) is 12. The highest BCUT2D eigenvalue weighted by molar-refractivity contribution is 6.64. The van der Waals surface area contributed by atoms with Gasteiger partial charge in [0.2, 0.25) is 5.24 Å². The molecule has 0 fully saturated rings. The summed E-state index contributed by atoms with van der Waals surface area (Å²) in [5.41, 5.74) is 3.38. The minimum atomic E-state index is -0.725. The molecule has 0 bridgehead atoms. The number of esters is 1. The first-order valence-electron chi connectivity index (χ1n) is 22.1. The van der Waals surface area contributed by atoms with E-state index in [1.54, 1.807) is 69.7 Å². The van der Waals surface area contributed by atoms with Gasteiger partial charge >= 0.3 is 18.3 Å². The summed E-state index contributed by atoms with van der Waals surface area (Å²) >= 11 is 5.50. The third-order valence-electron chi connectivity index (χ3n) is 10.5. The zero-order valence-corrected chi connectivity index (χ0v) is 40.2. The fraction of sp³-hybridized carbons (Fsp3) is 0.333. The van der Waals surface area contributed by atoms with Gasteiger partial charge in [-0.2, -0.15) is 0 Å². The van der Waals surface area contributed by atoms with Crippen molar-refractivity contribution in [3.8, 4) is 23.0 Å². The lowest BCUT2D eigenvalue weighted by Gasteiger charge is -2.13. The number of ether oxygens (including phenoxy) is 7. The van der Waals surface area contributed by atoms with Gasteiger partial charge in [0, 0.05) is 0 Å². The Morgan fingerprint density at radius 2 is 0.881 bits per heavy atom.